The molecule has 20 heavy (non-hydrogen) atoms. The monoisotopic (exact) mass is 273 g/mol. The number of nitrogens with one attached hydrogen (secondary N) is 1. The lowest BCUT2D eigenvalue weighted by Crippen LogP contribution is -2.49. The van der Waals surface area contributed by atoms with Crippen LogP contribution >= 0.6 is 0 Å². The van der Waals surface area contributed by atoms with Gasteiger partial charge in [-0.25, -0.2) is 0 Å². The number of benzene rings is 1. The lowest BCUT2D eigenvalue weighted by Gasteiger charge is -2.36. The van der Waals surface area contributed by atoms with Crippen molar-refractivity contribution in [3.05, 3.63) is 24.3 Å². The van der Waals surface area contributed by atoms with Gasteiger partial charge in [-0.15, -0.1) is 0 Å². The standard InChI is InChI=1S/C17H27N3/c1-19(2)15-8-3-4-9-16(15)20-13-7-12-18-17(14-20)10-5-6-11-17/h3-4,8-9,18H,5-7,10-14H2,1-2H3. The van der Waals surface area contributed by atoms with Gasteiger partial charge in [0.15, 0.2) is 0 Å². The second kappa shape index (κ2) is 5.65. The van der Waals surface area contributed by atoms with Crippen LogP contribution < -0.4 is 15.1 Å². The maximum Gasteiger partial charge on any atom is 0.0604 e. The van der Waals surface area contributed by atoms with Crippen molar-refractivity contribution in [2.45, 2.75) is 37.6 Å². The van der Waals surface area contributed by atoms with Gasteiger partial charge in [0.2, 0.25) is 0 Å². The zero-order chi connectivity index (χ0) is 14.0. The highest BCUT2D eigenvalue weighted by atomic mass is 15.2. The number of hydrogen-bond acceptors (Lipinski definition) is 3. The zero-order valence-corrected chi connectivity index (χ0v) is 12.9. The van der Waals surface area contributed by atoms with Gasteiger partial charge in [-0.05, 0) is 37.9 Å². The van der Waals surface area contributed by atoms with E-state index in [1.165, 1.54) is 56.6 Å². The minimum Gasteiger partial charge on any atom is -0.376 e. The van der Waals surface area contributed by atoms with E-state index in [0.29, 0.717) is 5.54 Å². The second-order valence-electron chi connectivity index (χ2n) is 6.57. The van der Waals surface area contributed by atoms with Crippen LogP contribution in [0.5, 0.6) is 0 Å². The van der Waals surface area contributed by atoms with Crippen LogP contribution in [0.3, 0.4) is 0 Å². The zero-order valence-electron chi connectivity index (χ0n) is 12.9. The highest BCUT2D eigenvalue weighted by molar-refractivity contribution is 5.71. The first-order valence-corrected chi connectivity index (χ1v) is 7.97. The fourth-order valence-electron chi connectivity index (χ4n) is 3.83. The molecule has 1 aromatic rings. The third kappa shape index (κ3) is 2.64. The predicted molar refractivity (Wildman–Crippen MR) is 86.8 cm³/mol. The van der Waals surface area contributed by atoms with Crippen molar-refractivity contribution in [2.24, 2.45) is 0 Å². The summed E-state index contributed by atoms with van der Waals surface area (Å²) < 4.78 is 0. The summed E-state index contributed by atoms with van der Waals surface area (Å²) in [5, 5.41) is 3.85. The SMILES string of the molecule is CN(C)c1ccccc1N1CCCNC2(CCCC2)C1. The summed E-state index contributed by atoms with van der Waals surface area (Å²) in [7, 11) is 4.28. The molecular formula is C17H27N3. The number of anilines is 2. The lowest BCUT2D eigenvalue weighted by molar-refractivity contribution is 0.354. The van der Waals surface area contributed by atoms with Crippen LogP contribution in [0, 0.1) is 0 Å². The Kier molecular flexibility index (Phi) is 3.88. The minimum absolute atomic E-state index is 0.371. The molecule has 110 valence electrons. The molecule has 1 aromatic carbocycles. The van der Waals surface area contributed by atoms with Crippen LogP contribution in [-0.4, -0.2) is 39.3 Å². The summed E-state index contributed by atoms with van der Waals surface area (Å²) in [6.07, 6.45) is 6.69. The Labute approximate surface area is 123 Å². The second-order valence-corrected chi connectivity index (χ2v) is 6.57. The molecule has 1 aliphatic carbocycles. The Balaban J connectivity index is 1.88. The molecule has 1 N–H and O–H groups in total. The summed E-state index contributed by atoms with van der Waals surface area (Å²) >= 11 is 0. The van der Waals surface area contributed by atoms with Gasteiger partial charge in [0, 0.05) is 32.7 Å². The normalized spacial score (nSPS) is 22.0. The summed E-state index contributed by atoms with van der Waals surface area (Å²) in [5.74, 6) is 0. The van der Waals surface area contributed by atoms with Crippen molar-refractivity contribution in [1.82, 2.24) is 5.32 Å². The molecule has 0 aromatic heterocycles. The topological polar surface area (TPSA) is 18.5 Å². The molecule has 1 heterocycles. The number of hydrogen-bond donors (Lipinski definition) is 1. The summed E-state index contributed by atoms with van der Waals surface area (Å²) in [6.45, 7) is 3.50. The molecule has 0 unspecified atom stereocenters. The largest absolute Gasteiger partial charge is 0.376 e. The molecule has 1 saturated carbocycles. The Morgan fingerprint density at radius 3 is 2.60 bits per heavy atom. The maximum absolute atomic E-state index is 3.85. The number of nitrogens with zero attached hydrogens (tertiary/aromatic N) is 2. The van der Waals surface area contributed by atoms with Crippen molar-refractivity contribution in [2.75, 3.05) is 43.5 Å². The van der Waals surface area contributed by atoms with Crippen LogP contribution in [0.1, 0.15) is 32.1 Å². The minimum atomic E-state index is 0.371. The first-order chi connectivity index (χ1) is 9.70. The van der Waals surface area contributed by atoms with E-state index >= 15 is 0 Å². The van der Waals surface area contributed by atoms with Crippen LogP contribution in [0.15, 0.2) is 24.3 Å². The van der Waals surface area contributed by atoms with Gasteiger partial charge >= 0.3 is 0 Å². The van der Waals surface area contributed by atoms with E-state index in [2.05, 4.69) is 53.5 Å². The van der Waals surface area contributed by atoms with Crippen molar-refractivity contribution in [3.8, 4) is 0 Å². The molecule has 3 rings (SSSR count). The third-order valence-corrected chi connectivity index (χ3v) is 4.86. The molecule has 0 atom stereocenters. The molecule has 3 heteroatoms. The maximum atomic E-state index is 3.85. The Bertz CT molecular complexity index is 449. The van der Waals surface area contributed by atoms with E-state index in [-0.39, 0.29) is 0 Å². The fourth-order valence-corrected chi connectivity index (χ4v) is 3.83. The molecule has 1 spiro atoms. The van der Waals surface area contributed by atoms with Gasteiger partial charge in [0.25, 0.3) is 0 Å². The van der Waals surface area contributed by atoms with Crippen molar-refractivity contribution < 1.29 is 0 Å². The Morgan fingerprint density at radius 2 is 1.85 bits per heavy atom. The van der Waals surface area contributed by atoms with E-state index in [1.807, 2.05) is 0 Å². The summed E-state index contributed by atoms with van der Waals surface area (Å²) in [6, 6.07) is 8.82. The smallest absolute Gasteiger partial charge is 0.0604 e. The van der Waals surface area contributed by atoms with Gasteiger partial charge in [-0.1, -0.05) is 25.0 Å². The highest BCUT2D eigenvalue weighted by Crippen LogP contribution is 2.35. The van der Waals surface area contributed by atoms with E-state index in [1.54, 1.807) is 0 Å². The highest BCUT2D eigenvalue weighted by Gasteiger charge is 2.36. The first kappa shape index (κ1) is 13.7. The van der Waals surface area contributed by atoms with Gasteiger partial charge in [-0.3, -0.25) is 0 Å². The molecule has 1 saturated heterocycles. The van der Waals surface area contributed by atoms with E-state index in [4.69, 9.17) is 0 Å². The molecule has 2 fully saturated rings. The van der Waals surface area contributed by atoms with Crippen LogP contribution in [0.4, 0.5) is 11.4 Å². The van der Waals surface area contributed by atoms with Gasteiger partial charge in [0.1, 0.15) is 0 Å². The van der Waals surface area contributed by atoms with Crippen LogP contribution in [-0.2, 0) is 0 Å². The van der Waals surface area contributed by atoms with Gasteiger partial charge in [-0.2, -0.15) is 0 Å². The van der Waals surface area contributed by atoms with Crippen molar-refractivity contribution in [3.63, 3.8) is 0 Å². The molecule has 0 bridgehead atoms. The predicted octanol–water partition coefficient (Wildman–Crippen LogP) is 2.87. The average Bonchev–Trinajstić information content (AvgIpc) is 2.79. The van der Waals surface area contributed by atoms with Crippen LogP contribution in [0.2, 0.25) is 0 Å². The van der Waals surface area contributed by atoms with E-state index < -0.39 is 0 Å². The van der Waals surface area contributed by atoms with Gasteiger partial charge in [0.05, 0.1) is 11.4 Å². The Morgan fingerprint density at radius 1 is 1.10 bits per heavy atom. The first-order valence-electron chi connectivity index (χ1n) is 7.97. The van der Waals surface area contributed by atoms with E-state index in [9.17, 15) is 0 Å². The molecule has 0 amide bonds. The van der Waals surface area contributed by atoms with Crippen LogP contribution in [0.25, 0.3) is 0 Å². The number of para-hydroxylation sites is 2. The third-order valence-electron chi connectivity index (χ3n) is 4.86. The lowest BCUT2D eigenvalue weighted by atomic mass is 9.97. The quantitative estimate of drug-likeness (QED) is 0.894. The Hall–Kier alpha value is -1.22. The number of rotatable bonds is 2. The molecule has 2 aliphatic rings. The summed E-state index contributed by atoms with van der Waals surface area (Å²) in [4.78, 5) is 4.84. The molecular weight excluding hydrogens is 246 g/mol. The average molecular weight is 273 g/mol. The van der Waals surface area contributed by atoms with Gasteiger partial charge < -0.3 is 15.1 Å². The molecule has 0 radical (unpaired) electrons. The van der Waals surface area contributed by atoms with Crippen molar-refractivity contribution >= 4 is 11.4 Å². The molecule has 1 aliphatic heterocycles. The van der Waals surface area contributed by atoms with E-state index in [0.717, 1.165) is 6.54 Å². The molecule has 3 nitrogen and oxygen atoms in total. The summed E-state index contributed by atoms with van der Waals surface area (Å²) in [5.41, 5.74) is 3.10. The fraction of sp³-hybridized carbons (Fsp3) is 0.647. The van der Waals surface area contributed by atoms with Crippen molar-refractivity contribution in [1.29, 1.82) is 0 Å².